The molecular formula is C19H28N4O. The molecule has 1 aromatic carbocycles. The standard InChI is InChI=1S/C19H28N4O/c20-19(22-16-6-2-1-3-7-16)21-14-15-9-11-17(12-10-15)23-13-5-4-8-18(23)24/h9-12,16H,1-8,13-14H2,(H3,20,21,22). The third-order valence-electron chi connectivity index (χ3n) is 4.96. The van der Waals surface area contributed by atoms with Crippen LogP contribution in [0.3, 0.4) is 0 Å². The fourth-order valence-corrected chi connectivity index (χ4v) is 3.54. The van der Waals surface area contributed by atoms with E-state index < -0.39 is 0 Å². The van der Waals surface area contributed by atoms with Crippen LogP contribution in [0.2, 0.25) is 0 Å². The predicted molar refractivity (Wildman–Crippen MR) is 98.0 cm³/mol. The number of rotatable bonds is 4. The van der Waals surface area contributed by atoms with Crippen LogP contribution in [-0.2, 0) is 11.3 Å². The van der Waals surface area contributed by atoms with Crippen molar-refractivity contribution in [2.45, 2.75) is 64.0 Å². The topological polar surface area (TPSA) is 70.7 Å². The van der Waals surface area contributed by atoms with Gasteiger partial charge >= 0.3 is 0 Å². The van der Waals surface area contributed by atoms with Crippen LogP contribution in [0.25, 0.3) is 0 Å². The van der Waals surface area contributed by atoms with E-state index in [0.717, 1.165) is 30.6 Å². The maximum atomic E-state index is 12.0. The highest BCUT2D eigenvalue weighted by Gasteiger charge is 2.19. The summed E-state index contributed by atoms with van der Waals surface area (Å²) in [6.07, 6.45) is 9.03. The molecule has 1 aliphatic heterocycles. The number of hydrogen-bond donors (Lipinski definition) is 2. The SMILES string of the molecule is NC(=NCc1ccc(N2CCCCC2=O)cc1)NC1CCCCC1. The van der Waals surface area contributed by atoms with Gasteiger partial charge in [0.25, 0.3) is 0 Å². The van der Waals surface area contributed by atoms with E-state index in [2.05, 4.69) is 10.3 Å². The number of nitrogens with one attached hydrogen (secondary N) is 1. The monoisotopic (exact) mass is 328 g/mol. The smallest absolute Gasteiger partial charge is 0.226 e. The lowest BCUT2D eigenvalue weighted by Gasteiger charge is -2.26. The van der Waals surface area contributed by atoms with Crippen molar-refractivity contribution in [2.24, 2.45) is 10.7 Å². The number of aliphatic imine (C=N–C) groups is 1. The molecule has 0 spiro atoms. The van der Waals surface area contributed by atoms with Crippen molar-refractivity contribution in [2.75, 3.05) is 11.4 Å². The number of carbonyl (C=O) groups is 1. The van der Waals surface area contributed by atoms with E-state index in [9.17, 15) is 4.79 Å². The van der Waals surface area contributed by atoms with Gasteiger partial charge in [0.1, 0.15) is 0 Å². The van der Waals surface area contributed by atoms with Gasteiger partial charge in [0, 0.05) is 24.7 Å². The summed E-state index contributed by atoms with van der Waals surface area (Å²) in [6, 6.07) is 8.58. The van der Waals surface area contributed by atoms with Gasteiger partial charge < -0.3 is 16.0 Å². The number of nitrogens with two attached hydrogens (primary N) is 1. The number of benzene rings is 1. The Bertz CT molecular complexity index is 576. The molecule has 2 aliphatic rings. The zero-order valence-electron chi connectivity index (χ0n) is 14.3. The molecule has 0 bridgehead atoms. The molecule has 1 heterocycles. The average molecular weight is 328 g/mol. The molecule has 0 radical (unpaired) electrons. The van der Waals surface area contributed by atoms with Crippen molar-refractivity contribution in [3.8, 4) is 0 Å². The van der Waals surface area contributed by atoms with E-state index in [1.807, 2.05) is 29.2 Å². The van der Waals surface area contributed by atoms with Crippen molar-refractivity contribution in [3.63, 3.8) is 0 Å². The van der Waals surface area contributed by atoms with E-state index in [1.165, 1.54) is 32.1 Å². The highest BCUT2D eigenvalue weighted by Crippen LogP contribution is 2.21. The third-order valence-corrected chi connectivity index (χ3v) is 4.96. The predicted octanol–water partition coefficient (Wildman–Crippen LogP) is 2.94. The van der Waals surface area contributed by atoms with E-state index in [1.54, 1.807) is 0 Å². The molecule has 0 aromatic heterocycles. The van der Waals surface area contributed by atoms with Gasteiger partial charge in [-0.1, -0.05) is 31.4 Å². The number of guanidine groups is 1. The Morgan fingerprint density at radius 3 is 2.58 bits per heavy atom. The quantitative estimate of drug-likeness (QED) is 0.659. The van der Waals surface area contributed by atoms with Crippen molar-refractivity contribution >= 4 is 17.6 Å². The Balaban J connectivity index is 1.53. The zero-order chi connectivity index (χ0) is 16.8. The van der Waals surface area contributed by atoms with E-state index in [-0.39, 0.29) is 5.91 Å². The van der Waals surface area contributed by atoms with Crippen LogP contribution >= 0.6 is 0 Å². The summed E-state index contributed by atoms with van der Waals surface area (Å²) in [6.45, 7) is 1.40. The number of anilines is 1. The number of amides is 1. The summed E-state index contributed by atoms with van der Waals surface area (Å²) in [5, 5.41) is 3.33. The van der Waals surface area contributed by atoms with Crippen molar-refractivity contribution in [1.82, 2.24) is 5.32 Å². The second kappa shape index (κ2) is 8.18. The second-order valence-corrected chi connectivity index (χ2v) is 6.85. The first-order valence-electron chi connectivity index (χ1n) is 9.18. The summed E-state index contributed by atoms with van der Waals surface area (Å²) in [5.41, 5.74) is 8.10. The molecule has 1 aliphatic carbocycles. The van der Waals surface area contributed by atoms with E-state index in [4.69, 9.17) is 5.73 Å². The largest absolute Gasteiger partial charge is 0.370 e. The van der Waals surface area contributed by atoms with Crippen LogP contribution in [0.5, 0.6) is 0 Å². The molecule has 0 atom stereocenters. The molecule has 130 valence electrons. The first-order chi connectivity index (χ1) is 11.7. The number of nitrogens with zero attached hydrogens (tertiary/aromatic N) is 2. The molecule has 24 heavy (non-hydrogen) atoms. The first kappa shape index (κ1) is 16.8. The second-order valence-electron chi connectivity index (χ2n) is 6.85. The first-order valence-corrected chi connectivity index (χ1v) is 9.18. The van der Waals surface area contributed by atoms with Crippen LogP contribution in [0.4, 0.5) is 5.69 Å². The molecule has 1 aromatic rings. The number of hydrogen-bond acceptors (Lipinski definition) is 2. The molecule has 1 saturated heterocycles. The lowest BCUT2D eigenvalue weighted by atomic mass is 9.96. The Morgan fingerprint density at radius 2 is 1.88 bits per heavy atom. The highest BCUT2D eigenvalue weighted by molar-refractivity contribution is 5.93. The summed E-state index contributed by atoms with van der Waals surface area (Å²) in [4.78, 5) is 18.3. The molecule has 1 amide bonds. The van der Waals surface area contributed by atoms with E-state index in [0.29, 0.717) is 25.0 Å². The van der Waals surface area contributed by atoms with Gasteiger partial charge in [0.05, 0.1) is 6.54 Å². The third kappa shape index (κ3) is 4.49. The van der Waals surface area contributed by atoms with E-state index >= 15 is 0 Å². The summed E-state index contributed by atoms with van der Waals surface area (Å²) in [7, 11) is 0. The van der Waals surface area contributed by atoms with Gasteiger partial charge in [0.2, 0.25) is 5.91 Å². The normalized spacial score (nSPS) is 20.2. The van der Waals surface area contributed by atoms with Crippen LogP contribution in [0.1, 0.15) is 56.9 Å². The highest BCUT2D eigenvalue weighted by atomic mass is 16.2. The Hall–Kier alpha value is -2.04. The summed E-state index contributed by atoms with van der Waals surface area (Å²) in [5.74, 6) is 0.769. The molecule has 5 nitrogen and oxygen atoms in total. The molecule has 5 heteroatoms. The van der Waals surface area contributed by atoms with Gasteiger partial charge in [-0.25, -0.2) is 4.99 Å². The zero-order valence-corrected chi connectivity index (χ0v) is 14.3. The molecule has 1 saturated carbocycles. The molecular weight excluding hydrogens is 300 g/mol. The minimum absolute atomic E-state index is 0.230. The van der Waals surface area contributed by atoms with Crippen molar-refractivity contribution in [3.05, 3.63) is 29.8 Å². The average Bonchev–Trinajstić information content (AvgIpc) is 2.62. The number of piperidine rings is 1. The Morgan fingerprint density at radius 1 is 1.12 bits per heavy atom. The van der Waals surface area contributed by atoms with Crippen molar-refractivity contribution in [1.29, 1.82) is 0 Å². The van der Waals surface area contributed by atoms with Crippen molar-refractivity contribution < 1.29 is 4.79 Å². The maximum Gasteiger partial charge on any atom is 0.226 e. The number of carbonyl (C=O) groups excluding carboxylic acids is 1. The summed E-state index contributed by atoms with van der Waals surface area (Å²) >= 11 is 0. The van der Waals surface area contributed by atoms with Gasteiger partial charge in [-0.15, -0.1) is 0 Å². The lowest BCUT2D eigenvalue weighted by Crippen LogP contribution is -2.41. The van der Waals surface area contributed by atoms with Crippen LogP contribution < -0.4 is 16.0 Å². The van der Waals surface area contributed by atoms with Crippen LogP contribution in [0.15, 0.2) is 29.3 Å². The van der Waals surface area contributed by atoms with Crippen LogP contribution in [0, 0.1) is 0 Å². The van der Waals surface area contributed by atoms with Gasteiger partial charge in [-0.05, 0) is 43.4 Å². The lowest BCUT2D eigenvalue weighted by molar-refractivity contribution is -0.119. The molecule has 0 unspecified atom stereocenters. The van der Waals surface area contributed by atoms with Gasteiger partial charge in [-0.2, -0.15) is 0 Å². The van der Waals surface area contributed by atoms with Gasteiger partial charge in [-0.3, -0.25) is 4.79 Å². The molecule has 2 fully saturated rings. The Labute approximate surface area is 144 Å². The maximum absolute atomic E-state index is 12.0. The van der Waals surface area contributed by atoms with Gasteiger partial charge in [0.15, 0.2) is 5.96 Å². The molecule has 3 rings (SSSR count). The minimum Gasteiger partial charge on any atom is -0.370 e. The summed E-state index contributed by atoms with van der Waals surface area (Å²) < 4.78 is 0. The Kier molecular flexibility index (Phi) is 5.72. The molecule has 3 N–H and O–H groups in total. The fourth-order valence-electron chi connectivity index (χ4n) is 3.54. The van der Waals surface area contributed by atoms with Crippen LogP contribution in [-0.4, -0.2) is 24.5 Å². The fraction of sp³-hybridized carbons (Fsp3) is 0.579. The minimum atomic E-state index is 0.230.